The van der Waals surface area contributed by atoms with Crippen molar-refractivity contribution in [1.29, 1.82) is 5.26 Å². The molecule has 0 fully saturated rings. The van der Waals surface area contributed by atoms with Crippen molar-refractivity contribution in [1.82, 2.24) is 4.98 Å². The Morgan fingerprint density at radius 2 is 2.32 bits per heavy atom. The average molecular weight is 289 g/mol. The van der Waals surface area contributed by atoms with E-state index in [4.69, 9.17) is 21.6 Å². The number of esters is 1. The third kappa shape index (κ3) is 3.61. The highest BCUT2D eigenvalue weighted by Gasteiger charge is 2.21. The average Bonchev–Trinajstić information content (AvgIpc) is 2.37. The quantitative estimate of drug-likeness (QED) is 0.617. The van der Waals surface area contributed by atoms with Gasteiger partial charge in [0.2, 0.25) is 0 Å². The minimum absolute atomic E-state index is 0.0339. The summed E-state index contributed by atoms with van der Waals surface area (Å²) in [5.74, 6) is -0.821. The summed E-state index contributed by atoms with van der Waals surface area (Å²) in [6.45, 7) is 1.84. The van der Waals surface area contributed by atoms with Gasteiger partial charge in [0.25, 0.3) is 6.43 Å². The number of rotatable bonds is 5. The summed E-state index contributed by atoms with van der Waals surface area (Å²) < 4.78 is 30.2. The number of carbonyl (C=O) groups is 1. The van der Waals surface area contributed by atoms with Crippen molar-refractivity contribution in [3.05, 3.63) is 28.6 Å². The molecule has 0 N–H and O–H groups in total. The normalized spacial score (nSPS) is 10.3. The van der Waals surface area contributed by atoms with E-state index in [1.54, 1.807) is 13.0 Å². The molecular weight excluding hydrogens is 278 g/mol. The van der Waals surface area contributed by atoms with Gasteiger partial charge in [-0.3, -0.25) is 9.78 Å². The van der Waals surface area contributed by atoms with E-state index >= 15 is 0 Å². The van der Waals surface area contributed by atoms with Gasteiger partial charge in [0, 0.05) is 11.8 Å². The third-order valence-corrected chi connectivity index (χ3v) is 2.65. The molecule has 7 heteroatoms. The molecule has 1 heterocycles. The van der Waals surface area contributed by atoms with E-state index in [0.717, 1.165) is 6.20 Å². The molecule has 1 aromatic rings. The van der Waals surface area contributed by atoms with Gasteiger partial charge in [-0.2, -0.15) is 5.26 Å². The van der Waals surface area contributed by atoms with Crippen molar-refractivity contribution in [2.75, 3.05) is 6.61 Å². The first-order valence-corrected chi connectivity index (χ1v) is 5.99. The van der Waals surface area contributed by atoms with E-state index in [1.165, 1.54) is 0 Å². The molecule has 0 unspecified atom stereocenters. The Kier molecular flexibility index (Phi) is 5.64. The molecule has 1 rings (SSSR count). The van der Waals surface area contributed by atoms with Crippen LogP contribution in [-0.4, -0.2) is 17.6 Å². The second kappa shape index (κ2) is 7.00. The molecule has 0 saturated heterocycles. The van der Waals surface area contributed by atoms with Gasteiger partial charge in [-0.1, -0.05) is 0 Å². The Morgan fingerprint density at radius 3 is 2.79 bits per heavy atom. The predicted octanol–water partition coefficient (Wildman–Crippen LogP) is 2.74. The van der Waals surface area contributed by atoms with Gasteiger partial charge in [0.15, 0.2) is 0 Å². The fourth-order valence-electron chi connectivity index (χ4n) is 1.58. The van der Waals surface area contributed by atoms with Crippen molar-refractivity contribution in [2.45, 2.75) is 25.7 Å². The number of hydrogen-bond donors (Lipinski definition) is 0. The molecule has 0 aliphatic heterocycles. The first-order chi connectivity index (χ1) is 9.04. The number of halogens is 3. The van der Waals surface area contributed by atoms with Gasteiger partial charge >= 0.3 is 5.97 Å². The van der Waals surface area contributed by atoms with E-state index in [2.05, 4.69) is 4.98 Å². The van der Waals surface area contributed by atoms with Crippen LogP contribution in [0, 0.1) is 11.3 Å². The lowest BCUT2D eigenvalue weighted by molar-refractivity contribution is -0.142. The maximum Gasteiger partial charge on any atom is 0.310 e. The number of aromatic nitrogens is 1. The summed E-state index contributed by atoms with van der Waals surface area (Å²) in [5.41, 5.74) is -0.366. The van der Waals surface area contributed by atoms with Crippen LogP contribution < -0.4 is 0 Å². The summed E-state index contributed by atoms with van der Waals surface area (Å²) in [6, 6.07) is 1.79. The van der Waals surface area contributed by atoms with Crippen LogP contribution in [0.3, 0.4) is 0 Å². The van der Waals surface area contributed by atoms with Gasteiger partial charge in [-0.25, -0.2) is 8.78 Å². The van der Waals surface area contributed by atoms with Crippen LogP contribution in [0.4, 0.5) is 8.78 Å². The second-order valence-corrected chi connectivity index (χ2v) is 3.82. The van der Waals surface area contributed by atoms with Crippen molar-refractivity contribution in [3.63, 3.8) is 0 Å². The van der Waals surface area contributed by atoms with Crippen LogP contribution in [0.2, 0.25) is 0 Å². The summed E-state index contributed by atoms with van der Waals surface area (Å²) in [5, 5.41) is 9.05. The largest absolute Gasteiger partial charge is 0.466 e. The first kappa shape index (κ1) is 15.3. The minimum Gasteiger partial charge on any atom is -0.466 e. The molecule has 19 heavy (non-hydrogen) atoms. The maximum atomic E-state index is 12.7. The highest BCUT2D eigenvalue weighted by Crippen LogP contribution is 2.26. The number of nitriles is 1. The van der Waals surface area contributed by atoms with E-state index in [1.807, 2.05) is 0 Å². The molecular formula is C12H11ClF2N2O2. The number of pyridine rings is 1. The Morgan fingerprint density at radius 1 is 1.63 bits per heavy atom. The highest BCUT2D eigenvalue weighted by molar-refractivity contribution is 6.17. The number of hydrogen-bond acceptors (Lipinski definition) is 4. The Bertz CT molecular complexity index is 515. The standard InChI is InChI=1S/C12H11ClF2N2O2/c1-2-19-10(18)3-7-6-17-11(12(14)15)8(4-13)9(7)5-16/h6,12H,2-4H2,1H3. The molecule has 1 aromatic heterocycles. The van der Waals surface area contributed by atoms with Gasteiger partial charge < -0.3 is 4.74 Å². The molecule has 0 aliphatic carbocycles. The van der Waals surface area contributed by atoms with Crippen LogP contribution >= 0.6 is 11.6 Å². The van der Waals surface area contributed by atoms with Gasteiger partial charge in [-0.05, 0) is 12.5 Å². The molecule has 102 valence electrons. The lowest BCUT2D eigenvalue weighted by atomic mass is 10.0. The van der Waals surface area contributed by atoms with Gasteiger partial charge in [0.05, 0.1) is 30.5 Å². The Balaban J connectivity index is 3.21. The van der Waals surface area contributed by atoms with E-state index in [9.17, 15) is 13.6 Å². The zero-order valence-corrected chi connectivity index (χ0v) is 10.9. The molecule has 0 aliphatic rings. The van der Waals surface area contributed by atoms with E-state index in [-0.39, 0.29) is 35.6 Å². The highest BCUT2D eigenvalue weighted by atomic mass is 35.5. The molecule has 0 atom stereocenters. The molecule has 0 amide bonds. The topological polar surface area (TPSA) is 63.0 Å². The van der Waals surface area contributed by atoms with Crippen LogP contribution in [-0.2, 0) is 21.8 Å². The third-order valence-electron chi connectivity index (χ3n) is 2.38. The SMILES string of the molecule is CCOC(=O)Cc1cnc(C(F)F)c(CCl)c1C#N. The zero-order valence-electron chi connectivity index (χ0n) is 10.1. The summed E-state index contributed by atoms with van der Waals surface area (Å²) in [6.07, 6.45) is -1.93. The van der Waals surface area contributed by atoms with Crippen LogP contribution in [0.25, 0.3) is 0 Å². The summed E-state index contributed by atoms with van der Waals surface area (Å²) in [7, 11) is 0. The number of nitrogens with zero attached hydrogens (tertiary/aromatic N) is 2. The lowest BCUT2D eigenvalue weighted by Crippen LogP contribution is -2.11. The molecule has 0 aromatic carbocycles. The smallest absolute Gasteiger partial charge is 0.310 e. The molecule has 0 spiro atoms. The number of ether oxygens (including phenoxy) is 1. The van der Waals surface area contributed by atoms with Gasteiger partial charge in [0.1, 0.15) is 5.69 Å². The summed E-state index contributed by atoms with van der Waals surface area (Å²) >= 11 is 5.59. The zero-order chi connectivity index (χ0) is 14.4. The lowest BCUT2D eigenvalue weighted by Gasteiger charge is -2.11. The van der Waals surface area contributed by atoms with Crippen LogP contribution in [0.1, 0.15) is 35.7 Å². The molecule has 0 bridgehead atoms. The maximum absolute atomic E-state index is 12.7. The fourth-order valence-corrected chi connectivity index (χ4v) is 1.85. The Hall–Kier alpha value is -1.74. The molecule has 0 saturated carbocycles. The monoisotopic (exact) mass is 288 g/mol. The van der Waals surface area contributed by atoms with E-state index in [0.29, 0.717) is 0 Å². The van der Waals surface area contributed by atoms with Crippen molar-refractivity contribution in [3.8, 4) is 6.07 Å². The van der Waals surface area contributed by atoms with Crippen molar-refractivity contribution >= 4 is 17.6 Å². The first-order valence-electron chi connectivity index (χ1n) is 5.45. The second-order valence-electron chi connectivity index (χ2n) is 3.55. The summed E-state index contributed by atoms with van der Waals surface area (Å²) in [4.78, 5) is 14.9. The molecule has 0 radical (unpaired) electrons. The fraction of sp³-hybridized carbons (Fsp3) is 0.417. The number of alkyl halides is 3. The predicted molar refractivity (Wildman–Crippen MR) is 63.8 cm³/mol. The van der Waals surface area contributed by atoms with Crippen LogP contribution in [0.15, 0.2) is 6.20 Å². The number of carbonyl (C=O) groups excluding carboxylic acids is 1. The van der Waals surface area contributed by atoms with Crippen LogP contribution in [0.5, 0.6) is 0 Å². The van der Waals surface area contributed by atoms with Crippen molar-refractivity contribution in [2.24, 2.45) is 0 Å². The van der Waals surface area contributed by atoms with E-state index < -0.39 is 18.1 Å². The molecule has 4 nitrogen and oxygen atoms in total. The Labute approximate surface area is 114 Å². The minimum atomic E-state index is -2.82. The van der Waals surface area contributed by atoms with Gasteiger partial charge in [-0.15, -0.1) is 11.6 Å². The van der Waals surface area contributed by atoms with Crippen molar-refractivity contribution < 1.29 is 18.3 Å².